The van der Waals surface area contributed by atoms with Gasteiger partial charge in [0.1, 0.15) is 11.0 Å². The van der Waals surface area contributed by atoms with Crippen LogP contribution in [0.15, 0.2) is 42.5 Å². The molecule has 0 saturated heterocycles. The first-order valence-electron chi connectivity index (χ1n) is 7.69. The number of nitrogens with one attached hydrogen (secondary N) is 1. The van der Waals surface area contributed by atoms with Gasteiger partial charge in [0.05, 0.1) is 17.2 Å². The molecule has 1 aromatic heterocycles. The third-order valence-corrected chi connectivity index (χ3v) is 3.65. The highest BCUT2D eigenvalue weighted by molar-refractivity contribution is 5.94. The topological polar surface area (TPSA) is 92.8 Å². The van der Waals surface area contributed by atoms with Crippen LogP contribution in [-0.2, 0) is 11.0 Å². The number of nitrogens with zero attached hydrogens (tertiary/aromatic N) is 4. The van der Waals surface area contributed by atoms with Crippen LogP contribution >= 0.6 is 0 Å². The van der Waals surface area contributed by atoms with Crippen LogP contribution < -0.4 is 10.2 Å². The molecule has 1 amide bonds. The van der Waals surface area contributed by atoms with Crippen molar-refractivity contribution in [3.05, 3.63) is 53.6 Å². The predicted octanol–water partition coefficient (Wildman–Crippen LogP) is 2.78. The molecule has 0 aliphatic carbocycles. The van der Waals surface area contributed by atoms with Crippen molar-refractivity contribution in [2.24, 2.45) is 0 Å². The minimum atomic E-state index is -4.53. The Morgan fingerprint density at radius 1 is 1.26 bits per heavy atom. The fourth-order valence-electron chi connectivity index (χ4n) is 2.22. The molecule has 0 aliphatic heterocycles. The fraction of sp³-hybridized carbons (Fsp3) is 0.176. The van der Waals surface area contributed by atoms with Crippen molar-refractivity contribution in [1.29, 1.82) is 5.26 Å². The van der Waals surface area contributed by atoms with Crippen LogP contribution in [0.25, 0.3) is 11.0 Å². The maximum atomic E-state index is 12.9. The lowest BCUT2D eigenvalue weighted by molar-refractivity contribution is -0.137. The largest absolute Gasteiger partial charge is 0.416 e. The van der Waals surface area contributed by atoms with E-state index in [1.165, 1.54) is 25.1 Å². The molecular weight excluding hydrogens is 363 g/mol. The van der Waals surface area contributed by atoms with E-state index in [9.17, 15) is 18.0 Å². The summed E-state index contributed by atoms with van der Waals surface area (Å²) in [5.74, 6) is -0.546. The van der Waals surface area contributed by atoms with Gasteiger partial charge < -0.3 is 10.2 Å². The molecule has 0 fully saturated rings. The zero-order valence-electron chi connectivity index (χ0n) is 13.9. The maximum absolute atomic E-state index is 12.9. The highest BCUT2D eigenvalue weighted by Gasteiger charge is 2.31. The van der Waals surface area contributed by atoms with Crippen LogP contribution in [0.5, 0.6) is 0 Å². The molecule has 3 rings (SSSR count). The van der Waals surface area contributed by atoms with Gasteiger partial charge in [-0.3, -0.25) is 4.79 Å². The minimum absolute atomic E-state index is 0.0113. The van der Waals surface area contributed by atoms with Crippen molar-refractivity contribution in [1.82, 2.24) is 15.2 Å². The molecule has 1 heterocycles. The van der Waals surface area contributed by atoms with E-state index in [1.807, 2.05) is 6.07 Å². The predicted molar refractivity (Wildman–Crippen MR) is 88.4 cm³/mol. The Morgan fingerprint density at radius 3 is 2.59 bits per heavy atom. The van der Waals surface area contributed by atoms with Crippen LogP contribution in [0.2, 0.25) is 0 Å². The molecule has 0 saturated carbocycles. The monoisotopic (exact) mass is 375 g/mol. The first-order valence-corrected chi connectivity index (χ1v) is 7.69. The van der Waals surface area contributed by atoms with E-state index in [0.29, 0.717) is 11.3 Å². The molecule has 1 N–H and O–H groups in total. The van der Waals surface area contributed by atoms with Crippen molar-refractivity contribution < 1.29 is 22.8 Å². The third kappa shape index (κ3) is 3.98. The standard InChI is InChI=1S/C17H12F3N5O2/c1-10(16(26)22-13-5-2-11(9-21)3-6-13)27-25-15-8-12(17(18,19)20)4-7-14(15)23-24-25/h2-8,10H,1H3,(H,22,26)/t10-/m0/s1. The molecule has 0 unspecified atom stereocenters. The highest BCUT2D eigenvalue weighted by Crippen LogP contribution is 2.30. The first kappa shape index (κ1) is 18.2. The summed E-state index contributed by atoms with van der Waals surface area (Å²) in [5.41, 5.74) is 0.187. The Morgan fingerprint density at radius 2 is 1.96 bits per heavy atom. The Kier molecular flexibility index (Phi) is 4.68. The van der Waals surface area contributed by atoms with Gasteiger partial charge in [-0.15, -0.1) is 5.10 Å². The second-order valence-corrected chi connectivity index (χ2v) is 5.59. The summed E-state index contributed by atoms with van der Waals surface area (Å²) in [6, 6.07) is 11.0. The number of hydrogen-bond donors (Lipinski definition) is 1. The van der Waals surface area contributed by atoms with Crippen molar-refractivity contribution in [3.8, 4) is 6.07 Å². The highest BCUT2D eigenvalue weighted by atomic mass is 19.4. The second kappa shape index (κ2) is 6.95. The van der Waals surface area contributed by atoms with Gasteiger partial charge in [-0.2, -0.15) is 18.4 Å². The third-order valence-electron chi connectivity index (χ3n) is 3.65. The number of alkyl halides is 3. The molecule has 0 aliphatic rings. The number of rotatable bonds is 4. The average Bonchev–Trinajstić information content (AvgIpc) is 3.03. The van der Waals surface area contributed by atoms with Gasteiger partial charge in [0.25, 0.3) is 5.91 Å². The van der Waals surface area contributed by atoms with E-state index in [2.05, 4.69) is 15.6 Å². The summed E-state index contributed by atoms with van der Waals surface area (Å²) in [5, 5.41) is 18.7. The molecule has 3 aromatic rings. The summed E-state index contributed by atoms with van der Waals surface area (Å²) >= 11 is 0. The number of amides is 1. The van der Waals surface area contributed by atoms with E-state index < -0.39 is 23.8 Å². The molecule has 10 heteroatoms. The van der Waals surface area contributed by atoms with E-state index in [-0.39, 0.29) is 11.0 Å². The summed E-state index contributed by atoms with van der Waals surface area (Å²) in [7, 11) is 0. The van der Waals surface area contributed by atoms with Crippen LogP contribution in [0.3, 0.4) is 0 Å². The fourth-order valence-corrected chi connectivity index (χ4v) is 2.22. The lowest BCUT2D eigenvalue weighted by atomic mass is 10.2. The summed E-state index contributed by atoms with van der Waals surface area (Å²) in [4.78, 5) is 18.3. The number of hydrogen-bond acceptors (Lipinski definition) is 5. The number of aromatic nitrogens is 3. The molecule has 0 radical (unpaired) electrons. The Balaban J connectivity index is 1.75. The van der Waals surface area contributed by atoms with Crippen molar-refractivity contribution in [3.63, 3.8) is 0 Å². The van der Waals surface area contributed by atoms with Gasteiger partial charge in [0.15, 0.2) is 0 Å². The summed E-state index contributed by atoms with van der Waals surface area (Å²) in [6.45, 7) is 1.42. The molecule has 0 spiro atoms. The van der Waals surface area contributed by atoms with Crippen LogP contribution in [0.1, 0.15) is 18.1 Å². The van der Waals surface area contributed by atoms with E-state index in [1.54, 1.807) is 12.1 Å². The van der Waals surface area contributed by atoms with Gasteiger partial charge in [-0.05, 0) is 54.6 Å². The van der Waals surface area contributed by atoms with Crippen molar-refractivity contribution >= 4 is 22.6 Å². The number of anilines is 1. The molecule has 2 aromatic carbocycles. The smallest absolute Gasteiger partial charge is 0.382 e. The van der Waals surface area contributed by atoms with Gasteiger partial charge in [0.2, 0.25) is 6.10 Å². The van der Waals surface area contributed by atoms with Crippen molar-refractivity contribution in [2.45, 2.75) is 19.2 Å². The number of carbonyl (C=O) groups is 1. The zero-order chi connectivity index (χ0) is 19.6. The van der Waals surface area contributed by atoms with E-state index in [0.717, 1.165) is 17.0 Å². The molecule has 7 nitrogen and oxygen atoms in total. The Labute approximate surface area is 150 Å². The lowest BCUT2D eigenvalue weighted by Crippen LogP contribution is -2.35. The molecule has 1 atom stereocenters. The molecule has 27 heavy (non-hydrogen) atoms. The molecule has 138 valence electrons. The van der Waals surface area contributed by atoms with E-state index in [4.69, 9.17) is 10.1 Å². The second-order valence-electron chi connectivity index (χ2n) is 5.59. The maximum Gasteiger partial charge on any atom is 0.416 e. The number of halogens is 3. The Bertz CT molecular complexity index is 1020. The average molecular weight is 375 g/mol. The van der Waals surface area contributed by atoms with Gasteiger partial charge >= 0.3 is 6.18 Å². The Hall–Kier alpha value is -3.61. The van der Waals surface area contributed by atoms with Gasteiger partial charge in [-0.1, -0.05) is 4.85 Å². The van der Waals surface area contributed by atoms with Crippen LogP contribution in [0, 0.1) is 11.3 Å². The number of carbonyl (C=O) groups excluding carboxylic acids is 1. The lowest BCUT2D eigenvalue weighted by Gasteiger charge is -2.14. The van der Waals surface area contributed by atoms with Crippen LogP contribution in [-0.4, -0.2) is 27.2 Å². The van der Waals surface area contributed by atoms with Gasteiger partial charge in [-0.25, -0.2) is 0 Å². The number of nitriles is 1. The molecular formula is C17H12F3N5O2. The summed E-state index contributed by atoms with van der Waals surface area (Å²) in [6.07, 6.45) is -5.60. The number of benzene rings is 2. The quantitative estimate of drug-likeness (QED) is 0.757. The first-order chi connectivity index (χ1) is 12.8. The summed E-state index contributed by atoms with van der Waals surface area (Å²) < 4.78 is 38.6. The van der Waals surface area contributed by atoms with E-state index >= 15 is 0 Å². The van der Waals surface area contributed by atoms with Crippen LogP contribution in [0.4, 0.5) is 18.9 Å². The molecule has 0 bridgehead atoms. The zero-order valence-corrected chi connectivity index (χ0v) is 13.9. The van der Waals surface area contributed by atoms with Gasteiger partial charge in [0, 0.05) is 5.69 Å². The number of fused-ring (bicyclic) bond motifs is 1. The van der Waals surface area contributed by atoms with Crippen molar-refractivity contribution in [2.75, 3.05) is 5.32 Å². The normalized spacial score (nSPS) is 12.4. The SMILES string of the molecule is C[C@H](On1nnc2ccc(C(F)(F)F)cc21)C(=O)Nc1ccc(C#N)cc1. The minimum Gasteiger partial charge on any atom is -0.382 e.